The van der Waals surface area contributed by atoms with Crippen LogP contribution in [0.15, 0.2) is 0 Å². The van der Waals surface area contributed by atoms with Crippen LogP contribution in [0.2, 0.25) is 0 Å². The molecule has 54 valence electrons. The van der Waals surface area contributed by atoms with Crippen LogP contribution >= 0.6 is 0 Å². The fourth-order valence-corrected chi connectivity index (χ4v) is 1.17. The summed E-state index contributed by atoms with van der Waals surface area (Å²) in [5.41, 5.74) is 0. The molecule has 0 aliphatic carbocycles. The Morgan fingerprint density at radius 1 is 1.33 bits per heavy atom. The van der Waals surface area contributed by atoms with Crippen LogP contribution in [0.3, 0.4) is 0 Å². The summed E-state index contributed by atoms with van der Waals surface area (Å²) in [6.45, 7) is 3.96. The number of aliphatic hydroxyl groups excluding tert-OH is 1. The van der Waals surface area contributed by atoms with Crippen molar-refractivity contribution < 1.29 is 9.84 Å². The number of hydrogen-bond donors (Lipinski definition) is 1. The predicted molar refractivity (Wildman–Crippen MR) is 35.2 cm³/mol. The molecule has 0 spiro atoms. The number of aliphatic hydroxyl groups is 1. The van der Waals surface area contributed by atoms with Gasteiger partial charge in [-0.05, 0) is 26.7 Å². The molecule has 1 N–H and O–H groups in total. The van der Waals surface area contributed by atoms with Gasteiger partial charge in [0.25, 0.3) is 0 Å². The number of ether oxygens (including phenoxy) is 1. The van der Waals surface area contributed by atoms with E-state index in [1.165, 1.54) is 0 Å². The van der Waals surface area contributed by atoms with Gasteiger partial charge >= 0.3 is 0 Å². The monoisotopic (exact) mass is 130 g/mol. The largest absolute Gasteiger partial charge is 0.390 e. The van der Waals surface area contributed by atoms with E-state index in [1.54, 1.807) is 0 Å². The van der Waals surface area contributed by atoms with E-state index in [1.807, 2.05) is 13.8 Å². The van der Waals surface area contributed by atoms with Gasteiger partial charge in [-0.25, -0.2) is 0 Å². The topological polar surface area (TPSA) is 29.5 Å². The zero-order valence-corrected chi connectivity index (χ0v) is 6.00. The van der Waals surface area contributed by atoms with Crippen LogP contribution in [0, 0.1) is 0 Å². The molecule has 0 aromatic rings. The van der Waals surface area contributed by atoms with Gasteiger partial charge in [0.1, 0.15) is 0 Å². The molecule has 0 saturated carbocycles. The van der Waals surface area contributed by atoms with Gasteiger partial charge in [0.05, 0.1) is 18.3 Å². The Hall–Kier alpha value is -0.0800. The Kier molecular flexibility index (Phi) is 2.09. The molecule has 2 heteroatoms. The highest BCUT2D eigenvalue weighted by molar-refractivity contribution is 4.72. The summed E-state index contributed by atoms with van der Waals surface area (Å²) in [5, 5.41) is 9.17. The van der Waals surface area contributed by atoms with Crippen molar-refractivity contribution in [2.45, 2.75) is 45.0 Å². The smallest absolute Gasteiger partial charge is 0.0809 e. The minimum Gasteiger partial charge on any atom is -0.390 e. The first-order valence-corrected chi connectivity index (χ1v) is 3.53. The molecule has 0 aromatic carbocycles. The summed E-state index contributed by atoms with van der Waals surface area (Å²) in [6.07, 6.45) is 2.02. The number of rotatable bonds is 0. The minimum atomic E-state index is -0.235. The van der Waals surface area contributed by atoms with E-state index in [4.69, 9.17) is 4.74 Å². The van der Waals surface area contributed by atoms with Gasteiger partial charge < -0.3 is 9.84 Å². The van der Waals surface area contributed by atoms with E-state index in [-0.39, 0.29) is 12.2 Å². The second-order valence-corrected chi connectivity index (χ2v) is 2.80. The second-order valence-electron chi connectivity index (χ2n) is 2.80. The normalized spacial score (nSPS) is 45.0. The van der Waals surface area contributed by atoms with Crippen molar-refractivity contribution in [3.8, 4) is 0 Å². The van der Waals surface area contributed by atoms with Crippen molar-refractivity contribution in [3.05, 3.63) is 0 Å². The fraction of sp³-hybridized carbons (Fsp3) is 1.00. The highest BCUT2D eigenvalue weighted by Crippen LogP contribution is 2.18. The van der Waals surface area contributed by atoms with Gasteiger partial charge in [0.15, 0.2) is 0 Å². The van der Waals surface area contributed by atoms with E-state index in [2.05, 4.69) is 0 Å². The standard InChI is InChI=1S/C7H14O2/c1-5-3-4-7(8)6(2)9-5/h5-8H,3-4H2,1-2H3/t5-,6?,7-/m0/s1. The molecule has 1 saturated heterocycles. The Bertz CT molecular complexity index is 92.9. The van der Waals surface area contributed by atoms with E-state index in [0.717, 1.165) is 12.8 Å². The van der Waals surface area contributed by atoms with Crippen LogP contribution in [0.5, 0.6) is 0 Å². The van der Waals surface area contributed by atoms with Gasteiger partial charge in [-0.1, -0.05) is 0 Å². The Morgan fingerprint density at radius 2 is 2.00 bits per heavy atom. The van der Waals surface area contributed by atoms with Crippen molar-refractivity contribution >= 4 is 0 Å². The van der Waals surface area contributed by atoms with Crippen molar-refractivity contribution in [2.75, 3.05) is 0 Å². The molecule has 1 aliphatic rings. The molecule has 1 aliphatic heterocycles. The average Bonchev–Trinajstić information content (AvgIpc) is 1.80. The third kappa shape index (κ3) is 1.66. The molecular formula is C7H14O2. The summed E-state index contributed by atoms with van der Waals surface area (Å²) < 4.78 is 5.35. The summed E-state index contributed by atoms with van der Waals surface area (Å²) in [5.74, 6) is 0. The van der Waals surface area contributed by atoms with Gasteiger partial charge in [-0.3, -0.25) is 0 Å². The lowest BCUT2D eigenvalue weighted by Gasteiger charge is -2.29. The molecule has 2 nitrogen and oxygen atoms in total. The molecule has 1 unspecified atom stereocenters. The molecule has 3 atom stereocenters. The maximum Gasteiger partial charge on any atom is 0.0809 e. The highest BCUT2D eigenvalue weighted by atomic mass is 16.5. The second kappa shape index (κ2) is 2.67. The maximum atomic E-state index is 9.17. The molecule has 0 radical (unpaired) electrons. The predicted octanol–water partition coefficient (Wildman–Crippen LogP) is 0.935. The van der Waals surface area contributed by atoms with Gasteiger partial charge in [-0.2, -0.15) is 0 Å². The zero-order chi connectivity index (χ0) is 6.85. The van der Waals surface area contributed by atoms with Crippen molar-refractivity contribution in [1.82, 2.24) is 0 Å². The van der Waals surface area contributed by atoms with Crippen LogP contribution in [0.4, 0.5) is 0 Å². The van der Waals surface area contributed by atoms with Gasteiger partial charge in [-0.15, -0.1) is 0 Å². The van der Waals surface area contributed by atoms with Crippen molar-refractivity contribution in [2.24, 2.45) is 0 Å². The average molecular weight is 130 g/mol. The lowest BCUT2D eigenvalue weighted by atomic mass is 10.0. The number of hydrogen-bond acceptors (Lipinski definition) is 2. The molecule has 0 bridgehead atoms. The van der Waals surface area contributed by atoms with Crippen LogP contribution in [-0.2, 0) is 4.74 Å². The molecule has 1 rings (SSSR count). The molecule has 0 amide bonds. The summed E-state index contributed by atoms with van der Waals surface area (Å²) >= 11 is 0. The Balaban J connectivity index is 2.35. The highest BCUT2D eigenvalue weighted by Gasteiger charge is 2.23. The van der Waals surface area contributed by atoms with Gasteiger partial charge in [0, 0.05) is 0 Å². The lowest BCUT2D eigenvalue weighted by molar-refractivity contribution is -0.101. The minimum absolute atomic E-state index is 0.0359. The fourth-order valence-electron chi connectivity index (χ4n) is 1.17. The van der Waals surface area contributed by atoms with E-state index < -0.39 is 0 Å². The van der Waals surface area contributed by atoms with Crippen molar-refractivity contribution in [1.29, 1.82) is 0 Å². The summed E-state index contributed by atoms with van der Waals surface area (Å²) in [4.78, 5) is 0. The first-order valence-electron chi connectivity index (χ1n) is 3.53. The Morgan fingerprint density at radius 3 is 2.44 bits per heavy atom. The van der Waals surface area contributed by atoms with E-state index >= 15 is 0 Å². The maximum absolute atomic E-state index is 9.17. The Labute approximate surface area is 55.8 Å². The first-order chi connectivity index (χ1) is 4.20. The van der Waals surface area contributed by atoms with Crippen LogP contribution < -0.4 is 0 Å². The van der Waals surface area contributed by atoms with Crippen molar-refractivity contribution in [3.63, 3.8) is 0 Å². The lowest BCUT2D eigenvalue weighted by Crippen LogP contribution is -2.35. The quantitative estimate of drug-likeness (QED) is 0.528. The molecular weight excluding hydrogens is 116 g/mol. The first kappa shape index (κ1) is 7.03. The van der Waals surface area contributed by atoms with E-state index in [0.29, 0.717) is 6.10 Å². The molecule has 0 aromatic heterocycles. The van der Waals surface area contributed by atoms with Crippen LogP contribution in [0.25, 0.3) is 0 Å². The third-order valence-corrected chi connectivity index (χ3v) is 1.86. The van der Waals surface area contributed by atoms with Crippen LogP contribution in [-0.4, -0.2) is 23.4 Å². The summed E-state index contributed by atoms with van der Waals surface area (Å²) in [7, 11) is 0. The molecule has 1 heterocycles. The molecule has 9 heavy (non-hydrogen) atoms. The van der Waals surface area contributed by atoms with Gasteiger partial charge in [0.2, 0.25) is 0 Å². The zero-order valence-electron chi connectivity index (χ0n) is 6.00. The van der Waals surface area contributed by atoms with Crippen LogP contribution in [0.1, 0.15) is 26.7 Å². The third-order valence-electron chi connectivity index (χ3n) is 1.86. The van der Waals surface area contributed by atoms with E-state index in [9.17, 15) is 5.11 Å². The SMILES string of the molecule is CC1O[C@@H](C)CC[C@@H]1O. The molecule has 1 fully saturated rings. The summed E-state index contributed by atoms with van der Waals surface area (Å²) in [6, 6.07) is 0.